The standard InChI is InChI=1S/C13H19NO3/c15-12(10-17-13-6-14-7-13)9-16-8-11-4-2-1-3-5-11/h1-5,12-15H,6-10H2. The molecule has 1 saturated heterocycles. The van der Waals surface area contributed by atoms with E-state index in [4.69, 9.17) is 9.47 Å². The number of hydrogen-bond acceptors (Lipinski definition) is 4. The lowest BCUT2D eigenvalue weighted by atomic mass is 10.2. The predicted octanol–water partition coefficient (Wildman–Crippen LogP) is 0.552. The summed E-state index contributed by atoms with van der Waals surface area (Å²) in [6, 6.07) is 9.92. The summed E-state index contributed by atoms with van der Waals surface area (Å²) in [5, 5.41) is 12.7. The Labute approximate surface area is 102 Å². The SMILES string of the molecule is OC(COCc1ccccc1)COC1CNC1. The Morgan fingerprint density at radius 2 is 2.00 bits per heavy atom. The average Bonchev–Trinajstić information content (AvgIpc) is 2.28. The first-order valence-electron chi connectivity index (χ1n) is 5.96. The van der Waals surface area contributed by atoms with E-state index in [1.165, 1.54) is 0 Å². The highest BCUT2D eigenvalue weighted by atomic mass is 16.5. The summed E-state index contributed by atoms with van der Waals surface area (Å²) < 4.78 is 10.9. The minimum absolute atomic E-state index is 0.263. The number of aliphatic hydroxyl groups is 1. The van der Waals surface area contributed by atoms with Crippen LogP contribution in [0.25, 0.3) is 0 Å². The van der Waals surface area contributed by atoms with Gasteiger partial charge in [-0.3, -0.25) is 0 Å². The van der Waals surface area contributed by atoms with E-state index < -0.39 is 6.10 Å². The van der Waals surface area contributed by atoms with Crippen LogP contribution in [-0.2, 0) is 16.1 Å². The van der Waals surface area contributed by atoms with E-state index in [2.05, 4.69) is 5.32 Å². The summed E-state index contributed by atoms with van der Waals surface area (Å²) in [5.74, 6) is 0. The molecule has 1 aliphatic rings. The van der Waals surface area contributed by atoms with E-state index >= 15 is 0 Å². The molecule has 1 aromatic carbocycles. The second-order valence-electron chi connectivity index (χ2n) is 4.27. The molecular formula is C13H19NO3. The molecule has 0 aromatic heterocycles. The molecule has 1 fully saturated rings. The van der Waals surface area contributed by atoms with Gasteiger partial charge in [-0.15, -0.1) is 0 Å². The molecule has 2 N–H and O–H groups in total. The smallest absolute Gasteiger partial charge is 0.101 e. The summed E-state index contributed by atoms with van der Waals surface area (Å²) in [6.45, 7) is 2.97. The highest BCUT2D eigenvalue weighted by Gasteiger charge is 2.18. The number of ether oxygens (including phenoxy) is 2. The number of nitrogens with one attached hydrogen (secondary N) is 1. The Balaban J connectivity index is 1.54. The molecule has 0 radical (unpaired) electrons. The van der Waals surface area contributed by atoms with Gasteiger partial charge in [-0.2, -0.15) is 0 Å². The molecule has 0 spiro atoms. The van der Waals surface area contributed by atoms with Crippen LogP contribution in [0.4, 0.5) is 0 Å². The lowest BCUT2D eigenvalue weighted by molar-refractivity contribution is -0.0595. The molecule has 0 aliphatic carbocycles. The van der Waals surface area contributed by atoms with E-state index in [9.17, 15) is 5.11 Å². The van der Waals surface area contributed by atoms with Gasteiger partial charge in [0.05, 0.1) is 25.9 Å². The van der Waals surface area contributed by atoms with Crippen LogP contribution in [0.3, 0.4) is 0 Å². The van der Waals surface area contributed by atoms with Crippen molar-refractivity contribution in [3.05, 3.63) is 35.9 Å². The van der Waals surface area contributed by atoms with Crippen LogP contribution in [-0.4, -0.2) is 43.6 Å². The van der Waals surface area contributed by atoms with Crippen LogP contribution in [0, 0.1) is 0 Å². The fourth-order valence-corrected chi connectivity index (χ4v) is 1.56. The number of hydrogen-bond donors (Lipinski definition) is 2. The average molecular weight is 237 g/mol. The van der Waals surface area contributed by atoms with E-state index in [1.807, 2.05) is 30.3 Å². The zero-order valence-electron chi connectivity index (χ0n) is 9.84. The van der Waals surface area contributed by atoms with Gasteiger partial charge in [0, 0.05) is 13.1 Å². The van der Waals surface area contributed by atoms with E-state index in [0.717, 1.165) is 18.7 Å². The number of rotatable bonds is 7. The number of aliphatic hydroxyl groups excluding tert-OH is 1. The van der Waals surface area contributed by atoms with Crippen molar-refractivity contribution < 1.29 is 14.6 Å². The molecule has 1 aromatic rings. The summed E-state index contributed by atoms with van der Waals surface area (Å²) in [7, 11) is 0. The Kier molecular flexibility index (Phi) is 4.94. The maximum Gasteiger partial charge on any atom is 0.101 e. The van der Waals surface area contributed by atoms with Crippen LogP contribution in [0.2, 0.25) is 0 Å². The summed E-state index contributed by atoms with van der Waals surface area (Å²) >= 11 is 0. The molecule has 4 heteroatoms. The van der Waals surface area contributed by atoms with Crippen LogP contribution >= 0.6 is 0 Å². The minimum Gasteiger partial charge on any atom is -0.388 e. The van der Waals surface area contributed by atoms with E-state index in [0.29, 0.717) is 19.8 Å². The highest BCUT2D eigenvalue weighted by Crippen LogP contribution is 2.02. The monoisotopic (exact) mass is 237 g/mol. The highest BCUT2D eigenvalue weighted by molar-refractivity contribution is 5.13. The van der Waals surface area contributed by atoms with Gasteiger partial charge in [0.2, 0.25) is 0 Å². The van der Waals surface area contributed by atoms with Crippen molar-refractivity contribution in [1.29, 1.82) is 0 Å². The maximum atomic E-state index is 9.63. The van der Waals surface area contributed by atoms with Gasteiger partial charge in [-0.1, -0.05) is 30.3 Å². The largest absolute Gasteiger partial charge is 0.388 e. The van der Waals surface area contributed by atoms with Crippen molar-refractivity contribution >= 4 is 0 Å². The Bertz CT molecular complexity index is 314. The molecule has 0 saturated carbocycles. The number of benzene rings is 1. The molecule has 1 unspecified atom stereocenters. The normalized spacial score (nSPS) is 17.7. The van der Waals surface area contributed by atoms with Crippen LogP contribution < -0.4 is 5.32 Å². The molecular weight excluding hydrogens is 218 g/mol. The van der Waals surface area contributed by atoms with Crippen molar-refractivity contribution in [3.8, 4) is 0 Å². The van der Waals surface area contributed by atoms with Crippen LogP contribution in [0.1, 0.15) is 5.56 Å². The summed E-state index contributed by atoms with van der Waals surface area (Å²) in [5.41, 5.74) is 1.11. The molecule has 94 valence electrons. The van der Waals surface area contributed by atoms with Gasteiger partial charge < -0.3 is 19.9 Å². The Morgan fingerprint density at radius 3 is 2.65 bits per heavy atom. The van der Waals surface area contributed by atoms with Crippen molar-refractivity contribution in [2.45, 2.75) is 18.8 Å². The quantitative estimate of drug-likeness (QED) is 0.727. The molecule has 4 nitrogen and oxygen atoms in total. The molecule has 17 heavy (non-hydrogen) atoms. The molecule has 0 bridgehead atoms. The Morgan fingerprint density at radius 1 is 1.24 bits per heavy atom. The zero-order chi connectivity index (χ0) is 11.9. The van der Waals surface area contributed by atoms with Crippen molar-refractivity contribution in [2.75, 3.05) is 26.3 Å². The Hall–Kier alpha value is -0.940. The summed E-state index contributed by atoms with van der Waals surface area (Å²) in [4.78, 5) is 0. The second-order valence-corrected chi connectivity index (χ2v) is 4.27. The predicted molar refractivity (Wildman–Crippen MR) is 64.7 cm³/mol. The van der Waals surface area contributed by atoms with E-state index in [1.54, 1.807) is 0 Å². The molecule has 2 rings (SSSR count). The zero-order valence-corrected chi connectivity index (χ0v) is 9.84. The van der Waals surface area contributed by atoms with E-state index in [-0.39, 0.29) is 6.10 Å². The molecule has 0 amide bonds. The summed E-state index contributed by atoms with van der Waals surface area (Å²) in [6.07, 6.45) is -0.280. The first-order chi connectivity index (χ1) is 8.34. The van der Waals surface area contributed by atoms with Gasteiger partial charge in [-0.05, 0) is 5.56 Å². The molecule has 1 heterocycles. The molecule has 1 aliphatic heterocycles. The van der Waals surface area contributed by atoms with Gasteiger partial charge in [0.1, 0.15) is 6.10 Å². The van der Waals surface area contributed by atoms with Gasteiger partial charge in [0.15, 0.2) is 0 Å². The lowest BCUT2D eigenvalue weighted by Crippen LogP contribution is -2.49. The third-order valence-electron chi connectivity index (χ3n) is 2.69. The maximum absolute atomic E-state index is 9.63. The topological polar surface area (TPSA) is 50.7 Å². The van der Waals surface area contributed by atoms with Gasteiger partial charge >= 0.3 is 0 Å². The molecule has 1 atom stereocenters. The van der Waals surface area contributed by atoms with Crippen molar-refractivity contribution in [2.24, 2.45) is 0 Å². The van der Waals surface area contributed by atoms with Crippen LogP contribution in [0.15, 0.2) is 30.3 Å². The van der Waals surface area contributed by atoms with Crippen LogP contribution in [0.5, 0.6) is 0 Å². The lowest BCUT2D eigenvalue weighted by Gasteiger charge is -2.28. The first-order valence-corrected chi connectivity index (χ1v) is 5.96. The minimum atomic E-state index is -0.542. The first kappa shape index (κ1) is 12.5. The third kappa shape index (κ3) is 4.44. The van der Waals surface area contributed by atoms with Crippen molar-refractivity contribution in [1.82, 2.24) is 5.32 Å². The third-order valence-corrected chi connectivity index (χ3v) is 2.69. The fraction of sp³-hybridized carbons (Fsp3) is 0.538. The van der Waals surface area contributed by atoms with Gasteiger partial charge in [0.25, 0.3) is 0 Å². The fourth-order valence-electron chi connectivity index (χ4n) is 1.56. The van der Waals surface area contributed by atoms with Crippen molar-refractivity contribution in [3.63, 3.8) is 0 Å². The second kappa shape index (κ2) is 6.71. The van der Waals surface area contributed by atoms with Gasteiger partial charge in [-0.25, -0.2) is 0 Å².